The average molecular weight is 347 g/mol. The number of hydrogen-bond acceptors (Lipinski definition) is 5. The van der Waals surface area contributed by atoms with E-state index < -0.39 is 51.1 Å². The number of nitrogens with two attached hydrogens (primary N) is 1. The zero-order valence-electron chi connectivity index (χ0n) is 11.9. The zero-order valence-corrected chi connectivity index (χ0v) is 12.7. The van der Waals surface area contributed by atoms with Crippen molar-refractivity contribution >= 4 is 23.3 Å². The molecule has 0 aliphatic rings. The average Bonchev–Trinajstić information content (AvgIpc) is 2.55. The molecule has 0 saturated carbocycles. The SMILES string of the molecule is COC(=O)c1nc(-c2ccc(Cl)c(F)c2F)c(F)c(N)c1OC. The number of rotatable bonds is 3. The summed E-state index contributed by atoms with van der Waals surface area (Å²) in [7, 11) is 2.20. The fraction of sp³-hybridized carbons (Fsp3) is 0.143. The molecule has 1 aromatic heterocycles. The highest BCUT2D eigenvalue weighted by molar-refractivity contribution is 6.30. The lowest BCUT2D eigenvalue weighted by Crippen LogP contribution is -2.12. The van der Waals surface area contributed by atoms with Crippen molar-refractivity contribution in [2.45, 2.75) is 0 Å². The van der Waals surface area contributed by atoms with E-state index in [1.807, 2.05) is 0 Å². The van der Waals surface area contributed by atoms with Crippen LogP contribution in [0.4, 0.5) is 18.9 Å². The van der Waals surface area contributed by atoms with Gasteiger partial charge in [-0.15, -0.1) is 0 Å². The van der Waals surface area contributed by atoms with Crippen molar-refractivity contribution in [2.75, 3.05) is 20.0 Å². The van der Waals surface area contributed by atoms with Crippen molar-refractivity contribution in [3.05, 3.63) is 40.3 Å². The molecule has 0 bridgehead atoms. The molecule has 23 heavy (non-hydrogen) atoms. The molecule has 122 valence electrons. The third kappa shape index (κ3) is 2.77. The second-order valence-electron chi connectivity index (χ2n) is 4.28. The summed E-state index contributed by atoms with van der Waals surface area (Å²) in [4.78, 5) is 15.4. The Morgan fingerprint density at radius 3 is 2.39 bits per heavy atom. The molecule has 2 aromatic rings. The third-order valence-corrected chi connectivity index (χ3v) is 3.29. The van der Waals surface area contributed by atoms with Gasteiger partial charge in [0.2, 0.25) is 0 Å². The summed E-state index contributed by atoms with van der Waals surface area (Å²) < 4.78 is 51.2. The van der Waals surface area contributed by atoms with Crippen molar-refractivity contribution in [1.29, 1.82) is 0 Å². The van der Waals surface area contributed by atoms with E-state index >= 15 is 0 Å². The van der Waals surface area contributed by atoms with Crippen LogP contribution in [0.2, 0.25) is 5.02 Å². The summed E-state index contributed by atoms with van der Waals surface area (Å²) in [5.41, 5.74) is 3.27. The van der Waals surface area contributed by atoms with Gasteiger partial charge in [0, 0.05) is 5.56 Å². The van der Waals surface area contributed by atoms with Gasteiger partial charge in [-0.25, -0.2) is 22.9 Å². The number of aromatic nitrogens is 1. The highest BCUT2D eigenvalue weighted by Crippen LogP contribution is 2.36. The Balaban J connectivity index is 2.81. The number of benzene rings is 1. The minimum absolute atomic E-state index is 0.368. The minimum atomic E-state index is -1.43. The van der Waals surface area contributed by atoms with E-state index in [1.54, 1.807) is 0 Å². The van der Waals surface area contributed by atoms with E-state index in [2.05, 4.69) is 9.72 Å². The summed E-state index contributed by atoms with van der Waals surface area (Å²) in [6, 6.07) is 2.04. The molecule has 2 rings (SSSR count). The molecule has 2 N–H and O–H groups in total. The van der Waals surface area contributed by atoms with Crippen LogP contribution in [0.25, 0.3) is 11.3 Å². The molecule has 0 unspecified atom stereocenters. The summed E-state index contributed by atoms with van der Waals surface area (Å²) in [5, 5.41) is -0.485. The van der Waals surface area contributed by atoms with Crippen LogP contribution in [-0.4, -0.2) is 25.2 Å². The van der Waals surface area contributed by atoms with Crippen LogP contribution < -0.4 is 10.5 Å². The molecule has 9 heteroatoms. The Morgan fingerprint density at radius 2 is 1.83 bits per heavy atom. The molecule has 0 aliphatic carbocycles. The maximum Gasteiger partial charge on any atom is 0.360 e. The van der Waals surface area contributed by atoms with Gasteiger partial charge >= 0.3 is 5.97 Å². The van der Waals surface area contributed by atoms with E-state index in [-0.39, 0.29) is 5.75 Å². The molecule has 0 aliphatic heterocycles. The molecule has 0 spiro atoms. The summed E-state index contributed by atoms with van der Waals surface area (Å²) in [6.45, 7) is 0. The number of nitrogens with zero attached hydrogens (tertiary/aromatic N) is 1. The number of halogens is 4. The number of anilines is 1. The molecule has 1 heterocycles. The number of carbonyl (C=O) groups excluding carboxylic acids is 1. The Bertz CT molecular complexity index is 800. The highest BCUT2D eigenvalue weighted by Gasteiger charge is 2.27. The Labute approximate surface area is 133 Å². The minimum Gasteiger partial charge on any atom is -0.492 e. The van der Waals surface area contributed by atoms with Gasteiger partial charge in [-0.1, -0.05) is 11.6 Å². The Morgan fingerprint density at radius 1 is 1.17 bits per heavy atom. The van der Waals surface area contributed by atoms with Gasteiger partial charge in [0.15, 0.2) is 28.9 Å². The largest absolute Gasteiger partial charge is 0.492 e. The van der Waals surface area contributed by atoms with Gasteiger partial charge in [0.05, 0.1) is 19.2 Å². The number of methoxy groups -OCH3 is 2. The molecule has 0 atom stereocenters. The first-order valence-electron chi connectivity index (χ1n) is 6.08. The van der Waals surface area contributed by atoms with Crippen LogP contribution >= 0.6 is 11.6 Å². The fourth-order valence-corrected chi connectivity index (χ4v) is 2.04. The van der Waals surface area contributed by atoms with Crippen molar-refractivity contribution < 1.29 is 27.4 Å². The standard InChI is InChI=1S/C14H10ClF3N2O3/c1-22-13-10(19)9(18)11(20-12(13)14(21)23-2)5-3-4-6(15)8(17)7(5)16/h3-4H,1-2H3,(H2,19,20). The first-order chi connectivity index (χ1) is 10.8. The molecule has 0 saturated heterocycles. The van der Waals surface area contributed by atoms with Gasteiger partial charge in [-0.05, 0) is 12.1 Å². The first kappa shape index (κ1) is 16.9. The summed E-state index contributed by atoms with van der Waals surface area (Å²) in [6.07, 6.45) is 0. The molecule has 0 fully saturated rings. The van der Waals surface area contributed by atoms with E-state index in [1.165, 1.54) is 0 Å². The van der Waals surface area contributed by atoms with Crippen LogP contribution in [0.5, 0.6) is 5.75 Å². The maximum absolute atomic E-state index is 14.4. The molecule has 1 aromatic carbocycles. The van der Waals surface area contributed by atoms with E-state index in [0.717, 1.165) is 26.4 Å². The number of carbonyl (C=O) groups is 1. The van der Waals surface area contributed by atoms with E-state index in [9.17, 15) is 18.0 Å². The summed E-state index contributed by atoms with van der Waals surface area (Å²) in [5.74, 6) is -5.32. The predicted molar refractivity (Wildman–Crippen MR) is 76.9 cm³/mol. The van der Waals surface area contributed by atoms with Gasteiger partial charge in [0.25, 0.3) is 0 Å². The van der Waals surface area contributed by atoms with Crippen LogP contribution in [-0.2, 0) is 4.74 Å². The smallest absolute Gasteiger partial charge is 0.360 e. The van der Waals surface area contributed by atoms with Crippen LogP contribution in [0.15, 0.2) is 12.1 Å². The van der Waals surface area contributed by atoms with Crippen LogP contribution in [0.3, 0.4) is 0 Å². The number of nitrogen functional groups attached to an aromatic ring is 1. The van der Waals surface area contributed by atoms with Gasteiger partial charge < -0.3 is 15.2 Å². The zero-order chi connectivity index (χ0) is 17.3. The number of esters is 1. The van der Waals surface area contributed by atoms with Crippen LogP contribution in [0, 0.1) is 17.5 Å². The first-order valence-corrected chi connectivity index (χ1v) is 6.46. The van der Waals surface area contributed by atoms with E-state index in [0.29, 0.717) is 0 Å². The highest BCUT2D eigenvalue weighted by atomic mass is 35.5. The lowest BCUT2D eigenvalue weighted by Gasteiger charge is -2.13. The molecular formula is C14H10ClF3N2O3. The quantitative estimate of drug-likeness (QED) is 0.682. The molecular weight excluding hydrogens is 337 g/mol. The van der Waals surface area contributed by atoms with E-state index in [4.69, 9.17) is 22.1 Å². The second-order valence-corrected chi connectivity index (χ2v) is 4.69. The molecule has 5 nitrogen and oxygen atoms in total. The molecule has 0 amide bonds. The second kappa shape index (κ2) is 6.33. The van der Waals surface area contributed by atoms with Crippen molar-refractivity contribution in [3.63, 3.8) is 0 Å². The molecule has 0 radical (unpaired) electrons. The normalized spacial score (nSPS) is 10.5. The summed E-state index contributed by atoms with van der Waals surface area (Å²) >= 11 is 5.45. The number of ether oxygens (including phenoxy) is 2. The lowest BCUT2D eigenvalue weighted by molar-refractivity contribution is 0.0590. The van der Waals surface area contributed by atoms with Crippen molar-refractivity contribution in [1.82, 2.24) is 4.98 Å². The van der Waals surface area contributed by atoms with Crippen molar-refractivity contribution in [2.24, 2.45) is 0 Å². The lowest BCUT2D eigenvalue weighted by atomic mass is 10.1. The predicted octanol–water partition coefficient (Wildman–Crippen LogP) is 3.20. The Hall–Kier alpha value is -2.48. The topological polar surface area (TPSA) is 74.4 Å². The number of hydrogen-bond donors (Lipinski definition) is 1. The van der Waals surface area contributed by atoms with Gasteiger partial charge in [-0.2, -0.15) is 0 Å². The Kier molecular flexibility index (Phi) is 4.65. The third-order valence-electron chi connectivity index (χ3n) is 3.00. The monoisotopic (exact) mass is 346 g/mol. The number of pyridine rings is 1. The fourth-order valence-electron chi connectivity index (χ4n) is 1.90. The maximum atomic E-state index is 14.4. The van der Waals surface area contributed by atoms with Crippen LogP contribution in [0.1, 0.15) is 10.5 Å². The van der Waals surface area contributed by atoms with Gasteiger partial charge in [-0.3, -0.25) is 0 Å². The van der Waals surface area contributed by atoms with Gasteiger partial charge in [0.1, 0.15) is 11.4 Å². The van der Waals surface area contributed by atoms with Crippen molar-refractivity contribution in [3.8, 4) is 17.0 Å².